The van der Waals surface area contributed by atoms with E-state index in [1.807, 2.05) is 37.3 Å². The van der Waals surface area contributed by atoms with E-state index < -0.39 is 41.2 Å². The average Bonchev–Trinajstić information content (AvgIpc) is 3.56. The Morgan fingerprint density at radius 2 is 1.82 bits per heavy atom. The summed E-state index contributed by atoms with van der Waals surface area (Å²) in [7, 11) is 1.41. The summed E-state index contributed by atoms with van der Waals surface area (Å²) in [4.78, 5) is 45.6. The Kier molecular flexibility index (Phi) is 5.69. The van der Waals surface area contributed by atoms with E-state index in [1.165, 1.54) is 7.11 Å². The number of carbonyl (C=O) groups excluding carboxylic acids is 2. The van der Waals surface area contributed by atoms with Gasteiger partial charge < -0.3 is 19.9 Å². The van der Waals surface area contributed by atoms with Crippen molar-refractivity contribution < 1.29 is 29.3 Å². The number of carbonyl (C=O) groups is 3. The number of aromatic hydroxyl groups is 1. The van der Waals surface area contributed by atoms with Crippen LogP contribution in [-0.4, -0.2) is 45.6 Å². The van der Waals surface area contributed by atoms with Crippen LogP contribution in [0.3, 0.4) is 0 Å². The van der Waals surface area contributed by atoms with Gasteiger partial charge in [0, 0.05) is 35.1 Å². The molecule has 4 N–H and O–H groups in total. The molecule has 0 unspecified atom stereocenters. The Morgan fingerprint density at radius 3 is 2.56 bits per heavy atom. The number of phenolic OH excluding ortho intramolecular Hbond substituents is 1. The lowest BCUT2D eigenvalue weighted by atomic mass is 9.76. The van der Waals surface area contributed by atoms with Gasteiger partial charge in [0.1, 0.15) is 5.54 Å². The summed E-state index contributed by atoms with van der Waals surface area (Å²) in [5.74, 6) is -4.68. The summed E-state index contributed by atoms with van der Waals surface area (Å²) in [6, 6.07) is 18.4. The summed E-state index contributed by atoms with van der Waals surface area (Å²) in [6.45, 7) is 1.85. The maximum Gasteiger partial charge on any atom is 0.325 e. The maximum atomic E-state index is 14.1. The van der Waals surface area contributed by atoms with E-state index in [9.17, 15) is 24.6 Å². The molecule has 39 heavy (non-hydrogen) atoms. The quantitative estimate of drug-likeness (QED) is 0.282. The number of anilines is 1. The number of carboxylic acid groups (broad SMARTS) is 1. The van der Waals surface area contributed by atoms with Crippen molar-refractivity contribution in [3.8, 4) is 11.5 Å². The van der Waals surface area contributed by atoms with Crippen LogP contribution < -0.4 is 15.0 Å². The van der Waals surface area contributed by atoms with Gasteiger partial charge in [0.05, 0.1) is 24.6 Å². The number of para-hydroxylation sites is 2. The van der Waals surface area contributed by atoms with E-state index in [1.54, 1.807) is 42.6 Å². The second kappa shape index (κ2) is 8.99. The van der Waals surface area contributed by atoms with Crippen LogP contribution in [0, 0.1) is 18.8 Å². The third-order valence-corrected chi connectivity index (χ3v) is 8.03. The molecule has 0 aliphatic carbocycles. The molecule has 0 bridgehead atoms. The van der Waals surface area contributed by atoms with Gasteiger partial charge in [-0.3, -0.25) is 19.7 Å². The highest BCUT2D eigenvalue weighted by atomic mass is 16.5. The van der Waals surface area contributed by atoms with Gasteiger partial charge >= 0.3 is 5.97 Å². The first-order valence-electron chi connectivity index (χ1n) is 12.6. The van der Waals surface area contributed by atoms with Crippen molar-refractivity contribution in [2.24, 2.45) is 11.8 Å². The summed E-state index contributed by atoms with van der Waals surface area (Å²) in [6.07, 6.45) is 1.68. The smallest absolute Gasteiger partial charge is 0.325 e. The van der Waals surface area contributed by atoms with Crippen LogP contribution in [0.15, 0.2) is 72.9 Å². The second-order valence-corrected chi connectivity index (χ2v) is 10.2. The molecule has 1 aromatic heterocycles. The normalized spacial score (nSPS) is 24.4. The molecule has 2 saturated heterocycles. The molecule has 0 radical (unpaired) electrons. The Bertz CT molecular complexity index is 1640. The Hall–Kier alpha value is -4.63. The lowest BCUT2D eigenvalue weighted by Crippen LogP contribution is -2.57. The molecule has 2 fully saturated rings. The van der Waals surface area contributed by atoms with Crippen LogP contribution in [0.4, 0.5) is 5.69 Å². The summed E-state index contributed by atoms with van der Waals surface area (Å²) >= 11 is 0. The average molecular weight is 526 g/mol. The van der Waals surface area contributed by atoms with E-state index in [0.717, 1.165) is 21.4 Å². The number of amides is 2. The lowest BCUT2D eigenvalue weighted by Gasteiger charge is -2.31. The SMILES string of the molecule is COc1cccc([C@@H]2N[C@](Cc3c[nH]c4ccccc34)(C(=O)O)[C@@H]3C(=O)N(c4cccc(C)c4)C(=O)[C@H]32)c1O. The number of methoxy groups -OCH3 is 1. The molecule has 0 spiro atoms. The highest BCUT2D eigenvalue weighted by Crippen LogP contribution is 2.53. The molecule has 9 nitrogen and oxygen atoms in total. The van der Waals surface area contributed by atoms with Crippen LogP contribution in [0.1, 0.15) is 22.7 Å². The number of H-pyrrole nitrogens is 1. The van der Waals surface area contributed by atoms with Crippen molar-refractivity contribution >= 4 is 34.4 Å². The number of nitrogens with zero attached hydrogens (tertiary/aromatic N) is 1. The van der Waals surface area contributed by atoms with Crippen LogP contribution in [-0.2, 0) is 20.8 Å². The largest absolute Gasteiger partial charge is 0.504 e. The van der Waals surface area contributed by atoms with Crippen molar-refractivity contribution in [1.82, 2.24) is 10.3 Å². The van der Waals surface area contributed by atoms with E-state index in [2.05, 4.69) is 10.3 Å². The number of carboxylic acids is 1. The van der Waals surface area contributed by atoms with Gasteiger partial charge in [0.15, 0.2) is 11.5 Å². The highest BCUT2D eigenvalue weighted by Gasteiger charge is 2.69. The number of aromatic nitrogens is 1. The molecular formula is C30H27N3O6. The number of hydrogen-bond donors (Lipinski definition) is 4. The van der Waals surface area contributed by atoms with Crippen molar-refractivity contribution in [1.29, 1.82) is 0 Å². The predicted molar refractivity (Wildman–Crippen MR) is 144 cm³/mol. The zero-order chi connectivity index (χ0) is 27.5. The van der Waals surface area contributed by atoms with Gasteiger partial charge in [-0.15, -0.1) is 0 Å². The molecule has 4 atom stereocenters. The summed E-state index contributed by atoms with van der Waals surface area (Å²) in [5.41, 5.74) is 1.23. The van der Waals surface area contributed by atoms with Gasteiger partial charge in [0.25, 0.3) is 0 Å². The fourth-order valence-corrected chi connectivity index (χ4v) is 6.26. The molecule has 2 aliphatic heterocycles. The van der Waals surface area contributed by atoms with E-state index in [0.29, 0.717) is 16.8 Å². The fraction of sp³-hybridized carbons (Fsp3) is 0.233. The van der Waals surface area contributed by atoms with Crippen LogP contribution in [0.5, 0.6) is 11.5 Å². The standard InChI is InChI=1S/C30H27N3O6/c1-16-7-5-8-18(13-16)33-27(35)23-24(28(33)36)30(29(37)38,14-17-15-31-21-11-4-3-9-19(17)21)32-25(23)20-10-6-12-22(39-2)26(20)34/h3-13,15,23-25,31-32,34H,14H2,1-2H3,(H,37,38)/t23-,24+,25+,30+/m1/s1. The van der Waals surface area contributed by atoms with Crippen molar-refractivity contribution in [3.63, 3.8) is 0 Å². The second-order valence-electron chi connectivity index (χ2n) is 10.2. The number of phenols is 1. The van der Waals surface area contributed by atoms with Crippen molar-refractivity contribution in [2.75, 3.05) is 12.0 Å². The maximum absolute atomic E-state index is 14.1. The number of benzene rings is 3. The van der Waals surface area contributed by atoms with Crippen LogP contribution >= 0.6 is 0 Å². The molecule has 3 aromatic carbocycles. The number of imide groups is 1. The highest BCUT2D eigenvalue weighted by molar-refractivity contribution is 6.24. The number of hydrogen-bond acceptors (Lipinski definition) is 6. The molecule has 2 amide bonds. The Labute approximate surface area is 224 Å². The van der Waals surface area contributed by atoms with Crippen LogP contribution in [0.25, 0.3) is 10.9 Å². The molecule has 3 heterocycles. The first-order valence-corrected chi connectivity index (χ1v) is 12.6. The minimum atomic E-state index is -1.83. The zero-order valence-electron chi connectivity index (χ0n) is 21.3. The molecule has 6 rings (SSSR count). The number of aromatic amines is 1. The molecule has 2 aliphatic rings. The summed E-state index contributed by atoms with van der Waals surface area (Å²) < 4.78 is 5.28. The van der Waals surface area contributed by atoms with Gasteiger partial charge in [-0.2, -0.15) is 0 Å². The Morgan fingerprint density at radius 1 is 1.05 bits per heavy atom. The number of ether oxygens (including phenoxy) is 1. The zero-order valence-corrected chi connectivity index (χ0v) is 21.3. The minimum Gasteiger partial charge on any atom is -0.504 e. The van der Waals surface area contributed by atoms with Crippen molar-refractivity contribution in [3.05, 3.63) is 89.6 Å². The van der Waals surface area contributed by atoms with E-state index in [4.69, 9.17) is 4.74 Å². The van der Waals surface area contributed by atoms with Crippen LogP contribution in [0.2, 0.25) is 0 Å². The molecule has 4 aromatic rings. The first-order chi connectivity index (χ1) is 18.8. The molecule has 198 valence electrons. The lowest BCUT2D eigenvalue weighted by molar-refractivity contribution is -0.148. The number of rotatable bonds is 6. The number of fused-ring (bicyclic) bond motifs is 2. The monoisotopic (exact) mass is 525 g/mol. The molecular weight excluding hydrogens is 498 g/mol. The number of aliphatic carboxylic acids is 1. The van der Waals surface area contributed by atoms with Gasteiger partial charge in [-0.25, -0.2) is 4.90 Å². The minimum absolute atomic E-state index is 0.0601. The van der Waals surface area contributed by atoms with Crippen molar-refractivity contribution in [2.45, 2.75) is 24.9 Å². The third-order valence-electron chi connectivity index (χ3n) is 8.03. The first kappa shape index (κ1) is 24.7. The Balaban J connectivity index is 1.54. The fourth-order valence-electron chi connectivity index (χ4n) is 6.26. The number of aryl methyl sites for hydroxylation is 1. The van der Waals surface area contributed by atoms with Gasteiger partial charge in [-0.05, 0) is 42.3 Å². The predicted octanol–water partition coefficient (Wildman–Crippen LogP) is 3.71. The van der Waals surface area contributed by atoms with E-state index >= 15 is 0 Å². The topological polar surface area (TPSA) is 132 Å². The summed E-state index contributed by atoms with van der Waals surface area (Å²) in [5, 5.41) is 25.8. The van der Waals surface area contributed by atoms with Gasteiger partial charge in [0.2, 0.25) is 11.8 Å². The molecule has 9 heteroatoms. The van der Waals surface area contributed by atoms with E-state index in [-0.39, 0.29) is 17.9 Å². The molecule has 0 saturated carbocycles. The number of nitrogens with one attached hydrogen (secondary N) is 2. The van der Waals surface area contributed by atoms with Gasteiger partial charge in [-0.1, -0.05) is 42.5 Å². The third kappa shape index (κ3) is 3.61.